The lowest BCUT2D eigenvalue weighted by Gasteiger charge is -2.17. The normalized spacial score (nSPS) is 11.5. The lowest BCUT2D eigenvalue weighted by Crippen LogP contribution is -2.30. The van der Waals surface area contributed by atoms with Gasteiger partial charge in [-0.3, -0.25) is 19.2 Å². The monoisotopic (exact) mass is 781 g/mol. The Kier molecular flexibility index (Phi) is 12.6. The Balaban J connectivity index is 1.23. The number of thiophene rings is 1. The molecule has 0 radical (unpaired) electrons. The minimum absolute atomic E-state index is 0.0297. The summed E-state index contributed by atoms with van der Waals surface area (Å²) >= 11 is 8.67. The van der Waals surface area contributed by atoms with E-state index in [1.165, 1.54) is 17.8 Å². The lowest BCUT2D eigenvalue weighted by molar-refractivity contribution is -0.116. The van der Waals surface area contributed by atoms with Gasteiger partial charge in [0.05, 0.1) is 10.4 Å². The van der Waals surface area contributed by atoms with Crippen LogP contribution in [0.2, 0.25) is 5.02 Å². The van der Waals surface area contributed by atoms with Crippen LogP contribution < -0.4 is 21.3 Å². The van der Waals surface area contributed by atoms with Crippen LogP contribution in [0.15, 0.2) is 150 Å². The summed E-state index contributed by atoms with van der Waals surface area (Å²) in [5.41, 5.74) is 3.26. The van der Waals surface area contributed by atoms with Crippen LogP contribution in [0.5, 0.6) is 0 Å². The fourth-order valence-corrected chi connectivity index (χ4v) is 7.74. The average molecular weight is 782 g/mol. The molecule has 12 heteroatoms. The molecule has 6 aromatic rings. The zero-order valence-electron chi connectivity index (χ0n) is 29.2. The Morgan fingerprint density at radius 2 is 1.38 bits per heavy atom. The van der Waals surface area contributed by atoms with Crippen LogP contribution in [0.1, 0.15) is 47.5 Å². The van der Waals surface area contributed by atoms with Crippen molar-refractivity contribution in [2.75, 3.05) is 16.0 Å². The van der Waals surface area contributed by atoms with Gasteiger partial charge in [0.2, 0.25) is 5.91 Å². The number of thioether (sulfide) groups is 1. The van der Waals surface area contributed by atoms with Gasteiger partial charge >= 0.3 is 0 Å². The highest BCUT2D eigenvalue weighted by molar-refractivity contribution is 8.00. The molecule has 0 aliphatic heterocycles. The number of nitrogens with zero attached hydrogens (tertiary/aromatic N) is 1. The van der Waals surface area contributed by atoms with Crippen LogP contribution in [0, 0.1) is 18.3 Å². The summed E-state index contributed by atoms with van der Waals surface area (Å²) < 4.78 is 0. The summed E-state index contributed by atoms with van der Waals surface area (Å²) in [5.74, 6) is -1.86. The molecule has 272 valence electrons. The number of carbonyl (C=O) groups excluding carboxylic acids is 4. The van der Waals surface area contributed by atoms with Crippen molar-refractivity contribution in [3.63, 3.8) is 0 Å². The fourth-order valence-electron chi connectivity index (χ4n) is 5.41. The predicted molar refractivity (Wildman–Crippen MR) is 220 cm³/mol. The van der Waals surface area contributed by atoms with Gasteiger partial charge in [0.15, 0.2) is 0 Å². The molecular weight excluding hydrogens is 750 g/mol. The van der Waals surface area contributed by atoms with E-state index in [2.05, 4.69) is 27.3 Å². The number of nitrogens with one attached hydrogen (secondary N) is 4. The van der Waals surface area contributed by atoms with E-state index in [9.17, 15) is 24.4 Å². The molecule has 5 aromatic carbocycles. The van der Waals surface area contributed by atoms with Crippen LogP contribution >= 0.6 is 34.7 Å². The molecule has 0 aliphatic rings. The zero-order valence-corrected chi connectivity index (χ0v) is 31.6. The highest BCUT2D eigenvalue weighted by atomic mass is 35.5. The molecule has 0 fully saturated rings. The average Bonchev–Trinajstić information content (AvgIpc) is 3.52. The molecule has 1 atom stereocenters. The third-order valence-electron chi connectivity index (χ3n) is 8.15. The second kappa shape index (κ2) is 18.1. The van der Waals surface area contributed by atoms with E-state index in [-0.39, 0.29) is 22.2 Å². The fraction of sp³-hybridized carbons (Fsp3) is 0.0465. The van der Waals surface area contributed by atoms with Gasteiger partial charge < -0.3 is 21.3 Å². The molecule has 1 heterocycles. The minimum atomic E-state index is -0.788. The molecule has 0 bridgehead atoms. The molecular formula is C43H32ClN5O4S2. The number of hydrogen-bond donors (Lipinski definition) is 4. The smallest absolute Gasteiger partial charge is 0.272 e. The van der Waals surface area contributed by atoms with Crippen molar-refractivity contribution < 1.29 is 19.2 Å². The van der Waals surface area contributed by atoms with E-state index < -0.39 is 23.0 Å². The predicted octanol–water partition coefficient (Wildman–Crippen LogP) is 9.72. The van der Waals surface area contributed by atoms with Crippen LogP contribution in [-0.2, 0) is 9.59 Å². The minimum Gasteiger partial charge on any atom is -0.321 e. The third kappa shape index (κ3) is 9.76. The first-order valence-corrected chi connectivity index (χ1v) is 18.9. The quantitative estimate of drug-likeness (QED) is 0.0720. The Labute approximate surface area is 331 Å². The van der Waals surface area contributed by atoms with E-state index in [0.717, 1.165) is 11.3 Å². The number of rotatable bonds is 12. The molecule has 0 saturated heterocycles. The van der Waals surface area contributed by atoms with Crippen molar-refractivity contribution in [1.82, 2.24) is 5.32 Å². The molecule has 0 saturated carbocycles. The topological polar surface area (TPSA) is 140 Å². The van der Waals surface area contributed by atoms with Gasteiger partial charge in [0.1, 0.15) is 22.0 Å². The van der Waals surface area contributed by atoms with Crippen molar-refractivity contribution in [2.45, 2.75) is 17.1 Å². The number of halogens is 1. The summed E-state index contributed by atoms with van der Waals surface area (Å²) in [4.78, 5) is 55.1. The SMILES string of the molecule is Cc1c(C(=O)Nc2ccccc2)sc(NC(=O)C(Sc2cccc(NC(=O)/C(=C\c3ccccc3Cl)NC(=O)c3ccccc3)c2)c2ccccc2)c1C#N. The van der Waals surface area contributed by atoms with E-state index in [4.69, 9.17) is 11.6 Å². The molecule has 1 unspecified atom stereocenters. The third-order valence-corrected chi connectivity index (χ3v) is 11.0. The Hall–Kier alpha value is -6.45. The van der Waals surface area contributed by atoms with Gasteiger partial charge in [-0.15, -0.1) is 23.1 Å². The van der Waals surface area contributed by atoms with E-state index >= 15 is 0 Å². The van der Waals surface area contributed by atoms with Crippen LogP contribution in [0.4, 0.5) is 16.4 Å². The maximum atomic E-state index is 14.1. The molecule has 0 spiro atoms. The summed E-state index contributed by atoms with van der Waals surface area (Å²) in [5, 5.41) is 21.2. The van der Waals surface area contributed by atoms with Crippen LogP contribution in [0.25, 0.3) is 6.08 Å². The molecule has 9 nitrogen and oxygen atoms in total. The molecule has 4 N–H and O–H groups in total. The number of carbonyl (C=O) groups is 4. The maximum absolute atomic E-state index is 14.1. The molecule has 55 heavy (non-hydrogen) atoms. The first-order valence-electron chi connectivity index (χ1n) is 16.9. The summed E-state index contributed by atoms with van der Waals surface area (Å²) in [6.45, 7) is 1.68. The molecule has 4 amide bonds. The standard InChI is InChI=1S/C43H32ClN5O4S2/c1-27-34(26-45)43(55-37(27)41(52)46-31-19-9-4-10-20-31)49-42(53)38(28-14-5-2-6-15-28)54-33-22-13-21-32(25-33)47-40(51)36(24-30-18-11-12-23-35(30)44)48-39(50)29-16-7-3-8-17-29/h2-25,38H,1H3,(H,46,52)(H,47,51)(H,48,50)(H,49,53)/b36-24+. The number of amides is 4. The van der Waals surface area contributed by atoms with Gasteiger partial charge in [-0.2, -0.15) is 5.26 Å². The van der Waals surface area contributed by atoms with E-state index in [1.807, 2.05) is 42.5 Å². The van der Waals surface area contributed by atoms with Gasteiger partial charge in [-0.1, -0.05) is 103 Å². The van der Waals surface area contributed by atoms with Gasteiger partial charge in [0, 0.05) is 26.9 Å². The van der Waals surface area contributed by atoms with Crippen molar-refractivity contribution >= 4 is 80.8 Å². The van der Waals surface area contributed by atoms with Crippen LogP contribution in [0.3, 0.4) is 0 Å². The van der Waals surface area contributed by atoms with E-state index in [0.29, 0.717) is 48.4 Å². The van der Waals surface area contributed by atoms with Gasteiger partial charge in [-0.05, 0) is 78.2 Å². The Morgan fingerprint density at radius 3 is 2.07 bits per heavy atom. The summed E-state index contributed by atoms with van der Waals surface area (Å²) in [6, 6.07) is 42.7. The second-order valence-electron chi connectivity index (χ2n) is 12.0. The zero-order chi connectivity index (χ0) is 38.7. The highest BCUT2D eigenvalue weighted by Gasteiger charge is 2.27. The first-order chi connectivity index (χ1) is 26.7. The number of benzene rings is 5. The molecule has 1 aromatic heterocycles. The summed E-state index contributed by atoms with van der Waals surface area (Å²) in [7, 11) is 0. The number of hydrogen-bond acceptors (Lipinski definition) is 7. The second-order valence-corrected chi connectivity index (χ2v) is 14.6. The Bertz CT molecular complexity index is 2430. The Morgan fingerprint density at radius 1 is 0.745 bits per heavy atom. The summed E-state index contributed by atoms with van der Waals surface area (Å²) in [6.07, 6.45) is 1.51. The van der Waals surface area contributed by atoms with E-state index in [1.54, 1.807) is 104 Å². The highest BCUT2D eigenvalue weighted by Crippen LogP contribution is 2.39. The number of para-hydroxylation sites is 1. The van der Waals surface area contributed by atoms with Crippen molar-refractivity contribution in [3.05, 3.63) is 183 Å². The van der Waals surface area contributed by atoms with Crippen molar-refractivity contribution in [3.8, 4) is 6.07 Å². The van der Waals surface area contributed by atoms with Crippen molar-refractivity contribution in [1.29, 1.82) is 5.26 Å². The largest absolute Gasteiger partial charge is 0.321 e. The molecule has 0 aliphatic carbocycles. The first kappa shape index (κ1) is 38.3. The van der Waals surface area contributed by atoms with Gasteiger partial charge in [-0.25, -0.2) is 0 Å². The number of nitriles is 1. The maximum Gasteiger partial charge on any atom is 0.272 e. The van der Waals surface area contributed by atoms with Crippen LogP contribution in [-0.4, -0.2) is 23.6 Å². The molecule has 6 rings (SSSR count). The lowest BCUT2D eigenvalue weighted by atomic mass is 10.1. The number of anilines is 3. The van der Waals surface area contributed by atoms with Gasteiger partial charge in [0.25, 0.3) is 17.7 Å². The van der Waals surface area contributed by atoms with Crippen molar-refractivity contribution in [2.24, 2.45) is 0 Å².